The monoisotopic (exact) mass is 187 g/mol. The van der Waals surface area contributed by atoms with Crippen LogP contribution < -0.4 is 5.73 Å². The van der Waals surface area contributed by atoms with Crippen LogP contribution in [0.5, 0.6) is 0 Å². The number of nitrogens with two attached hydrogens (primary N) is 1. The van der Waals surface area contributed by atoms with E-state index in [4.69, 9.17) is 5.73 Å². The molecule has 0 aliphatic carbocycles. The summed E-state index contributed by atoms with van der Waals surface area (Å²) in [5.74, 6) is 0. The van der Waals surface area contributed by atoms with Crippen LogP contribution in [0.3, 0.4) is 0 Å². The van der Waals surface area contributed by atoms with Gasteiger partial charge in [-0.3, -0.25) is 4.98 Å². The van der Waals surface area contributed by atoms with Crippen molar-refractivity contribution in [1.82, 2.24) is 14.8 Å². The van der Waals surface area contributed by atoms with Crippen molar-refractivity contribution in [3.05, 3.63) is 36.7 Å². The Morgan fingerprint density at radius 1 is 1.50 bits per heavy atom. The minimum atomic E-state index is -0.636. The number of carbonyl (C=O) groups excluding carboxylic acids is 1. The minimum absolute atomic E-state index is 0.504. The predicted molar refractivity (Wildman–Crippen MR) is 49.3 cm³/mol. The average molecular weight is 187 g/mol. The largest absolute Gasteiger partial charge is 0.350 e. The standard InChI is InChI=1S/C9H7N4O/c10-9(14)13-6-4-8(12-13)7-3-1-2-5-11-7/h1-3,5-6H,(H2,10,14). The van der Waals surface area contributed by atoms with Crippen molar-refractivity contribution >= 4 is 6.03 Å². The molecule has 0 bridgehead atoms. The highest BCUT2D eigenvalue weighted by Gasteiger charge is 2.05. The second kappa shape index (κ2) is 3.29. The van der Waals surface area contributed by atoms with E-state index in [-0.39, 0.29) is 0 Å². The number of primary amides is 1. The zero-order valence-corrected chi connectivity index (χ0v) is 7.21. The number of amides is 1. The summed E-state index contributed by atoms with van der Waals surface area (Å²) in [7, 11) is 0. The molecule has 0 spiro atoms. The molecule has 1 radical (unpaired) electrons. The normalized spacial score (nSPS) is 10.0. The zero-order chi connectivity index (χ0) is 9.97. The molecule has 2 aromatic rings. The third kappa shape index (κ3) is 1.47. The molecule has 0 saturated heterocycles. The number of hydrogen-bond donors (Lipinski definition) is 1. The molecular weight excluding hydrogens is 180 g/mol. The summed E-state index contributed by atoms with van der Waals surface area (Å²) in [5.41, 5.74) is 6.19. The summed E-state index contributed by atoms with van der Waals surface area (Å²) < 4.78 is 1.02. The topological polar surface area (TPSA) is 73.8 Å². The maximum Gasteiger partial charge on any atom is 0.339 e. The van der Waals surface area contributed by atoms with E-state index in [2.05, 4.69) is 16.1 Å². The Hall–Kier alpha value is -2.17. The number of nitrogens with zero attached hydrogens (tertiary/aromatic N) is 3. The Balaban J connectivity index is 2.39. The van der Waals surface area contributed by atoms with Gasteiger partial charge in [-0.1, -0.05) is 6.07 Å². The summed E-state index contributed by atoms with van der Waals surface area (Å²) in [6, 6.07) is 7.57. The van der Waals surface area contributed by atoms with Crippen molar-refractivity contribution in [1.29, 1.82) is 0 Å². The lowest BCUT2D eigenvalue weighted by atomic mass is 10.3. The average Bonchev–Trinajstić information content (AvgIpc) is 2.68. The molecule has 2 N–H and O–H groups in total. The first-order valence-corrected chi connectivity index (χ1v) is 3.96. The minimum Gasteiger partial charge on any atom is -0.350 e. The van der Waals surface area contributed by atoms with Gasteiger partial charge in [0.15, 0.2) is 0 Å². The van der Waals surface area contributed by atoms with Crippen LogP contribution in [0, 0.1) is 6.07 Å². The molecule has 0 aromatic carbocycles. The van der Waals surface area contributed by atoms with Crippen LogP contribution in [0.4, 0.5) is 4.79 Å². The van der Waals surface area contributed by atoms with Gasteiger partial charge in [0, 0.05) is 18.5 Å². The fourth-order valence-electron chi connectivity index (χ4n) is 1.03. The predicted octanol–water partition coefficient (Wildman–Crippen LogP) is 0.672. The van der Waals surface area contributed by atoms with E-state index in [9.17, 15) is 4.79 Å². The zero-order valence-electron chi connectivity index (χ0n) is 7.21. The SMILES string of the molecule is NC(=O)n1c[c]c(-c2ccccn2)n1. The first-order chi connectivity index (χ1) is 6.77. The fraction of sp³-hybridized carbons (Fsp3) is 0. The van der Waals surface area contributed by atoms with Crippen molar-refractivity contribution in [3.8, 4) is 11.4 Å². The van der Waals surface area contributed by atoms with Crippen molar-refractivity contribution in [3.63, 3.8) is 0 Å². The molecule has 0 aliphatic heterocycles. The van der Waals surface area contributed by atoms with E-state index in [1.54, 1.807) is 18.3 Å². The van der Waals surface area contributed by atoms with Gasteiger partial charge in [0.25, 0.3) is 0 Å². The number of aromatic nitrogens is 3. The smallest absolute Gasteiger partial charge is 0.339 e. The van der Waals surface area contributed by atoms with Gasteiger partial charge in [0.05, 0.1) is 5.69 Å². The maximum absolute atomic E-state index is 10.7. The Morgan fingerprint density at radius 2 is 2.36 bits per heavy atom. The molecule has 0 saturated carbocycles. The van der Waals surface area contributed by atoms with Gasteiger partial charge in [-0.2, -0.15) is 9.78 Å². The molecule has 5 heteroatoms. The number of hydrogen-bond acceptors (Lipinski definition) is 3. The van der Waals surface area contributed by atoms with Gasteiger partial charge in [-0.15, -0.1) is 0 Å². The third-order valence-electron chi connectivity index (χ3n) is 1.66. The molecular formula is C9H7N4O. The van der Waals surface area contributed by atoms with E-state index < -0.39 is 6.03 Å². The molecule has 0 fully saturated rings. The molecule has 2 heterocycles. The van der Waals surface area contributed by atoms with Gasteiger partial charge >= 0.3 is 6.03 Å². The highest BCUT2D eigenvalue weighted by molar-refractivity contribution is 5.74. The molecule has 69 valence electrons. The summed E-state index contributed by atoms with van der Waals surface area (Å²) in [6.45, 7) is 0. The third-order valence-corrected chi connectivity index (χ3v) is 1.66. The van der Waals surface area contributed by atoms with E-state index >= 15 is 0 Å². The first-order valence-electron chi connectivity index (χ1n) is 3.96. The summed E-state index contributed by atoms with van der Waals surface area (Å²) in [5, 5.41) is 3.90. The Morgan fingerprint density at radius 3 is 2.93 bits per heavy atom. The Labute approximate surface area is 80.2 Å². The van der Waals surface area contributed by atoms with Gasteiger partial charge in [0.2, 0.25) is 0 Å². The lowest BCUT2D eigenvalue weighted by Crippen LogP contribution is -2.19. The second-order valence-electron chi connectivity index (χ2n) is 2.62. The van der Waals surface area contributed by atoms with E-state index in [0.29, 0.717) is 11.4 Å². The van der Waals surface area contributed by atoms with Crippen LogP contribution >= 0.6 is 0 Å². The molecule has 2 rings (SSSR count). The van der Waals surface area contributed by atoms with Crippen LogP contribution in [0.2, 0.25) is 0 Å². The van der Waals surface area contributed by atoms with Crippen LogP contribution in [0.1, 0.15) is 0 Å². The summed E-state index contributed by atoms with van der Waals surface area (Å²) in [6.07, 6.45) is 3.03. The first kappa shape index (κ1) is 8.43. The molecule has 14 heavy (non-hydrogen) atoms. The van der Waals surface area contributed by atoms with Crippen molar-refractivity contribution < 1.29 is 4.79 Å². The highest BCUT2D eigenvalue weighted by Crippen LogP contribution is 2.11. The fourth-order valence-corrected chi connectivity index (χ4v) is 1.03. The molecule has 2 aromatic heterocycles. The molecule has 0 unspecified atom stereocenters. The van der Waals surface area contributed by atoms with Crippen LogP contribution in [-0.2, 0) is 0 Å². The molecule has 5 nitrogen and oxygen atoms in total. The summed E-state index contributed by atoms with van der Waals surface area (Å²) >= 11 is 0. The number of rotatable bonds is 1. The molecule has 0 aliphatic rings. The van der Waals surface area contributed by atoms with Crippen molar-refractivity contribution in [2.24, 2.45) is 5.73 Å². The molecule has 0 atom stereocenters. The van der Waals surface area contributed by atoms with Crippen LogP contribution in [-0.4, -0.2) is 20.8 Å². The second-order valence-corrected chi connectivity index (χ2v) is 2.62. The molecule has 1 amide bonds. The summed E-state index contributed by atoms with van der Waals surface area (Å²) in [4.78, 5) is 14.8. The van der Waals surface area contributed by atoms with Crippen LogP contribution in [0.25, 0.3) is 11.4 Å². The van der Waals surface area contributed by atoms with Gasteiger partial charge in [0.1, 0.15) is 5.69 Å². The number of pyridine rings is 1. The van der Waals surface area contributed by atoms with E-state index in [1.807, 2.05) is 6.07 Å². The Kier molecular flexibility index (Phi) is 1.98. The maximum atomic E-state index is 10.7. The van der Waals surface area contributed by atoms with Gasteiger partial charge in [-0.25, -0.2) is 4.79 Å². The van der Waals surface area contributed by atoms with Crippen molar-refractivity contribution in [2.45, 2.75) is 0 Å². The van der Waals surface area contributed by atoms with Gasteiger partial charge in [-0.05, 0) is 12.1 Å². The highest BCUT2D eigenvalue weighted by atomic mass is 16.2. The lowest BCUT2D eigenvalue weighted by Gasteiger charge is -1.93. The van der Waals surface area contributed by atoms with Crippen molar-refractivity contribution in [2.75, 3.05) is 0 Å². The number of carbonyl (C=O) groups is 1. The van der Waals surface area contributed by atoms with Crippen LogP contribution in [0.15, 0.2) is 30.6 Å². The van der Waals surface area contributed by atoms with E-state index in [0.717, 1.165) is 4.68 Å². The van der Waals surface area contributed by atoms with Gasteiger partial charge < -0.3 is 5.73 Å². The quantitative estimate of drug-likeness (QED) is 0.713. The lowest BCUT2D eigenvalue weighted by molar-refractivity contribution is 0.248. The van der Waals surface area contributed by atoms with E-state index in [1.165, 1.54) is 6.20 Å². The Bertz CT molecular complexity index is 449.